The van der Waals surface area contributed by atoms with Gasteiger partial charge < -0.3 is 9.53 Å². The fourth-order valence-corrected chi connectivity index (χ4v) is 3.30. The number of unbranched alkanes of at least 4 members (excludes halogenated alkanes) is 3. The number of hydrogen-bond donors (Lipinski definition) is 1. The molecule has 24 heavy (non-hydrogen) atoms. The van der Waals surface area contributed by atoms with Gasteiger partial charge in [0.05, 0.1) is 0 Å². The molecule has 0 aromatic rings. The van der Waals surface area contributed by atoms with Gasteiger partial charge >= 0.3 is 18.0 Å². The van der Waals surface area contributed by atoms with Crippen LogP contribution in [0.3, 0.4) is 0 Å². The van der Waals surface area contributed by atoms with E-state index in [9.17, 15) is 26.3 Å². The molecular weight excluding hydrogens is 354 g/mol. The molecule has 0 aliphatic rings. The Morgan fingerprint density at radius 2 is 1.46 bits per heavy atom. The Hall–Kier alpha value is -0.723. The maximum Gasteiger partial charge on any atom is 0.438 e. The fraction of sp³-hybridized carbons (Fsp3) is 0.867. The van der Waals surface area contributed by atoms with Crippen LogP contribution in [0.15, 0.2) is 0 Å². The molecule has 0 saturated heterocycles. The number of hydrogen-bond acceptors (Lipinski definition) is 2. The first-order valence-electron chi connectivity index (χ1n) is 7.64. The van der Waals surface area contributed by atoms with Crippen LogP contribution in [-0.4, -0.2) is 37.5 Å². The van der Waals surface area contributed by atoms with E-state index >= 15 is 0 Å². The summed E-state index contributed by atoms with van der Waals surface area (Å²) >= 11 is 0. The highest BCUT2D eigenvalue weighted by atomic mass is 28.4. The van der Waals surface area contributed by atoms with E-state index in [2.05, 4.69) is 19.6 Å². The Balaban J connectivity index is 4.32. The third-order valence-corrected chi connectivity index (χ3v) is 4.17. The van der Waals surface area contributed by atoms with Gasteiger partial charge in [-0.1, -0.05) is 18.8 Å². The summed E-state index contributed by atoms with van der Waals surface area (Å²) in [5.41, 5.74) is -4.97. The number of halogens is 6. The molecule has 0 spiro atoms. The predicted molar refractivity (Wildman–Crippen MR) is 81.8 cm³/mol. The highest BCUT2D eigenvalue weighted by Crippen LogP contribution is 2.42. The van der Waals surface area contributed by atoms with Crippen LogP contribution in [0.5, 0.6) is 0 Å². The molecule has 0 fully saturated rings. The van der Waals surface area contributed by atoms with E-state index in [0.29, 0.717) is 12.8 Å². The van der Waals surface area contributed by atoms with Crippen LogP contribution in [-0.2, 0) is 4.43 Å². The monoisotopic (exact) mass is 378 g/mol. The summed E-state index contributed by atoms with van der Waals surface area (Å²) in [5, 5.41) is 8.83. The van der Waals surface area contributed by atoms with Crippen LogP contribution in [0.2, 0.25) is 19.6 Å². The van der Waals surface area contributed by atoms with Crippen LogP contribution in [0, 0.1) is 11.8 Å². The molecule has 0 aliphatic heterocycles. The van der Waals surface area contributed by atoms with Crippen LogP contribution in [0.1, 0.15) is 39.0 Å². The summed E-state index contributed by atoms with van der Waals surface area (Å²) in [6, 6.07) is 0. The number of alkyl halides is 6. The van der Waals surface area contributed by atoms with Crippen molar-refractivity contribution < 1.29 is 35.9 Å². The molecule has 0 aliphatic carbocycles. The van der Waals surface area contributed by atoms with Crippen LogP contribution in [0.4, 0.5) is 26.3 Å². The van der Waals surface area contributed by atoms with Crippen molar-refractivity contribution in [2.45, 2.75) is 82.7 Å². The number of rotatable bonds is 7. The SMILES string of the molecule is CC(CCCCCC#CC(O)(C(F)(F)F)C(F)(F)F)O[Si](C)(C)C. The van der Waals surface area contributed by atoms with Crippen molar-refractivity contribution in [3.63, 3.8) is 0 Å². The van der Waals surface area contributed by atoms with Gasteiger partial charge in [-0.3, -0.25) is 0 Å². The predicted octanol–water partition coefficient (Wildman–Crippen LogP) is 5.04. The van der Waals surface area contributed by atoms with Crippen molar-refractivity contribution in [3.05, 3.63) is 0 Å². The van der Waals surface area contributed by atoms with Crippen molar-refractivity contribution in [2.24, 2.45) is 0 Å². The van der Waals surface area contributed by atoms with Crippen LogP contribution >= 0.6 is 0 Å². The molecule has 1 unspecified atom stereocenters. The van der Waals surface area contributed by atoms with Gasteiger partial charge in [-0.2, -0.15) is 26.3 Å². The van der Waals surface area contributed by atoms with Gasteiger partial charge in [-0.05, 0) is 45.3 Å². The molecule has 0 heterocycles. The minimum atomic E-state index is -5.89. The summed E-state index contributed by atoms with van der Waals surface area (Å²) in [6.07, 6.45) is -9.35. The Morgan fingerprint density at radius 1 is 0.958 bits per heavy atom. The molecule has 1 atom stereocenters. The summed E-state index contributed by atoms with van der Waals surface area (Å²) in [6.45, 7) is 8.11. The van der Waals surface area contributed by atoms with Gasteiger partial charge in [0.1, 0.15) is 0 Å². The quantitative estimate of drug-likeness (QED) is 0.291. The first-order valence-corrected chi connectivity index (χ1v) is 11.0. The maximum absolute atomic E-state index is 12.4. The van der Waals surface area contributed by atoms with Crippen LogP contribution < -0.4 is 0 Å². The van der Waals surface area contributed by atoms with Gasteiger partial charge in [0, 0.05) is 12.5 Å². The minimum Gasteiger partial charge on any atom is -0.415 e. The van der Waals surface area contributed by atoms with E-state index in [1.54, 1.807) is 5.92 Å². The molecule has 2 nitrogen and oxygen atoms in total. The molecule has 0 amide bonds. The average Bonchev–Trinajstić information content (AvgIpc) is 2.32. The van der Waals surface area contributed by atoms with E-state index in [4.69, 9.17) is 9.53 Å². The first-order chi connectivity index (χ1) is 10.6. The zero-order chi connectivity index (χ0) is 19.2. The molecular formula is C15H24F6O2Si. The number of aliphatic hydroxyl groups is 1. The second kappa shape index (κ2) is 8.58. The maximum atomic E-state index is 12.4. The Labute approximate surface area is 139 Å². The van der Waals surface area contributed by atoms with Crippen molar-refractivity contribution in [1.29, 1.82) is 0 Å². The summed E-state index contributed by atoms with van der Waals surface area (Å²) in [4.78, 5) is 0. The van der Waals surface area contributed by atoms with Gasteiger partial charge in [-0.25, -0.2) is 0 Å². The minimum absolute atomic E-state index is 0.0725. The van der Waals surface area contributed by atoms with Crippen molar-refractivity contribution in [3.8, 4) is 11.8 Å². The standard InChI is InChI=1S/C15H24F6O2Si/c1-12(23-24(2,3)4)10-8-6-5-7-9-11-13(22,14(16,17)18)15(19,20)21/h12,22H,5-8,10H2,1-4H3. The second-order valence-electron chi connectivity index (χ2n) is 6.65. The van der Waals surface area contributed by atoms with Crippen molar-refractivity contribution in [1.82, 2.24) is 0 Å². The molecule has 9 heteroatoms. The first kappa shape index (κ1) is 23.3. The summed E-state index contributed by atoms with van der Waals surface area (Å²) in [7, 11) is -1.62. The van der Waals surface area contributed by atoms with Gasteiger partial charge in [0.2, 0.25) is 0 Å². The molecule has 0 rings (SSSR count). The Kier molecular flexibility index (Phi) is 8.32. The molecule has 0 aromatic heterocycles. The largest absolute Gasteiger partial charge is 0.438 e. The summed E-state index contributed by atoms with van der Waals surface area (Å²) < 4.78 is 80.0. The molecule has 0 saturated carbocycles. The third-order valence-electron chi connectivity index (χ3n) is 3.06. The smallest absolute Gasteiger partial charge is 0.415 e. The molecule has 142 valence electrons. The van der Waals surface area contributed by atoms with Gasteiger partial charge in [0.15, 0.2) is 8.32 Å². The highest BCUT2D eigenvalue weighted by Gasteiger charge is 2.70. The van der Waals surface area contributed by atoms with E-state index in [1.165, 1.54) is 0 Å². The van der Waals surface area contributed by atoms with Crippen molar-refractivity contribution in [2.75, 3.05) is 0 Å². The lowest BCUT2D eigenvalue weighted by Crippen LogP contribution is -2.55. The van der Waals surface area contributed by atoms with Crippen LogP contribution in [0.25, 0.3) is 0 Å². The second-order valence-corrected chi connectivity index (χ2v) is 11.1. The third kappa shape index (κ3) is 7.90. The van der Waals surface area contributed by atoms with E-state index in [0.717, 1.165) is 18.8 Å². The highest BCUT2D eigenvalue weighted by molar-refractivity contribution is 6.69. The van der Waals surface area contributed by atoms with Crippen molar-refractivity contribution >= 4 is 8.32 Å². The zero-order valence-corrected chi connectivity index (χ0v) is 15.2. The lowest BCUT2D eigenvalue weighted by atomic mass is 10.0. The lowest BCUT2D eigenvalue weighted by Gasteiger charge is -2.27. The average molecular weight is 378 g/mol. The normalized spacial score (nSPS) is 15.0. The molecule has 1 N–H and O–H groups in total. The van der Waals surface area contributed by atoms with Gasteiger partial charge in [0.25, 0.3) is 0 Å². The van der Waals surface area contributed by atoms with E-state index in [-0.39, 0.29) is 12.5 Å². The Bertz CT molecular complexity index is 428. The zero-order valence-electron chi connectivity index (χ0n) is 14.2. The fourth-order valence-electron chi connectivity index (χ4n) is 1.98. The summed E-state index contributed by atoms with van der Waals surface area (Å²) in [5.74, 6) is 2.74. The Morgan fingerprint density at radius 3 is 1.88 bits per heavy atom. The topological polar surface area (TPSA) is 29.5 Å². The van der Waals surface area contributed by atoms with E-state index in [1.807, 2.05) is 6.92 Å². The van der Waals surface area contributed by atoms with E-state index < -0.39 is 26.3 Å². The molecule has 0 bridgehead atoms. The molecule has 0 aromatic carbocycles. The molecule has 0 radical (unpaired) electrons. The van der Waals surface area contributed by atoms with Gasteiger partial charge in [-0.15, -0.1) is 0 Å². The lowest BCUT2D eigenvalue weighted by molar-refractivity contribution is -0.343.